The van der Waals surface area contributed by atoms with Crippen LogP contribution >= 0.6 is 0 Å². The van der Waals surface area contributed by atoms with Gasteiger partial charge < -0.3 is 9.47 Å². The molecule has 0 unspecified atom stereocenters. The Morgan fingerprint density at radius 2 is 0.591 bits per heavy atom. The Kier molecular flexibility index (Phi) is 11.7. The van der Waals surface area contributed by atoms with Crippen molar-refractivity contribution in [2.45, 2.75) is 38.5 Å². The quantitative estimate of drug-likeness (QED) is 0.131. The fourth-order valence-corrected chi connectivity index (χ4v) is 15.2. The largest absolute Gasteiger partial charge is 0.311 e. The minimum absolute atomic E-state index is 0.0926. The molecule has 17 rings (SSSR count). The average Bonchev–Trinajstić information content (AvgIpc) is 1.44. The zero-order valence-corrected chi connectivity index (χ0v) is 49.8. The zero-order valence-electron chi connectivity index (χ0n) is 49.8. The van der Waals surface area contributed by atoms with Crippen LogP contribution in [-0.4, -0.2) is 4.57 Å². The molecule has 2 aliphatic carbocycles. The summed E-state index contributed by atoms with van der Waals surface area (Å²) < 4.78 is 2.47. The molecular formula is C86H62N2. The smallest absolute Gasteiger partial charge is 0.0541 e. The minimum atomic E-state index is -0.0926. The number of fused-ring (bicyclic) bond motifs is 11. The van der Waals surface area contributed by atoms with E-state index in [0.29, 0.717) is 0 Å². The summed E-state index contributed by atoms with van der Waals surface area (Å²) in [6.45, 7) is 9.48. The minimum Gasteiger partial charge on any atom is -0.311 e. The Bertz CT molecular complexity index is 5120. The van der Waals surface area contributed by atoms with E-state index in [9.17, 15) is 0 Å². The Morgan fingerprint density at radius 1 is 0.239 bits per heavy atom. The van der Waals surface area contributed by atoms with Gasteiger partial charge in [-0.25, -0.2) is 0 Å². The summed E-state index contributed by atoms with van der Waals surface area (Å²) in [6.07, 6.45) is 0. The van der Waals surface area contributed by atoms with Gasteiger partial charge in [-0.3, -0.25) is 0 Å². The van der Waals surface area contributed by atoms with E-state index in [1.807, 2.05) is 0 Å². The summed E-state index contributed by atoms with van der Waals surface area (Å²) in [7, 11) is 0. The maximum Gasteiger partial charge on any atom is 0.0541 e. The number of nitrogens with zero attached hydrogens (tertiary/aromatic N) is 2. The topological polar surface area (TPSA) is 8.17 Å². The van der Waals surface area contributed by atoms with Gasteiger partial charge in [0, 0.05) is 44.4 Å². The summed E-state index contributed by atoms with van der Waals surface area (Å²) in [5.74, 6) is 0. The van der Waals surface area contributed by atoms with Gasteiger partial charge in [0.05, 0.1) is 11.0 Å². The van der Waals surface area contributed by atoms with Crippen molar-refractivity contribution in [3.8, 4) is 83.6 Å². The van der Waals surface area contributed by atoms with Crippen LogP contribution in [0.15, 0.2) is 303 Å². The molecule has 88 heavy (non-hydrogen) atoms. The van der Waals surface area contributed by atoms with E-state index in [2.05, 4.69) is 340 Å². The lowest BCUT2D eigenvalue weighted by molar-refractivity contribution is 0.660. The predicted octanol–water partition coefficient (Wildman–Crippen LogP) is 23.5. The highest BCUT2D eigenvalue weighted by Crippen LogP contribution is 2.52. The van der Waals surface area contributed by atoms with Gasteiger partial charge >= 0.3 is 0 Å². The molecule has 0 aliphatic heterocycles. The van der Waals surface area contributed by atoms with Crippen molar-refractivity contribution in [2.24, 2.45) is 0 Å². The normalized spacial score (nSPS) is 13.4. The van der Waals surface area contributed by atoms with Crippen molar-refractivity contribution >= 4 is 60.4 Å². The molecule has 1 aromatic heterocycles. The molecule has 0 N–H and O–H groups in total. The van der Waals surface area contributed by atoms with E-state index >= 15 is 0 Å². The van der Waals surface area contributed by atoms with Crippen molar-refractivity contribution in [3.63, 3.8) is 0 Å². The van der Waals surface area contributed by atoms with Crippen LogP contribution in [0.3, 0.4) is 0 Å². The van der Waals surface area contributed by atoms with Crippen LogP contribution in [0, 0.1) is 0 Å². The molecule has 0 amide bonds. The number of aromatic nitrogens is 1. The predicted molar refractivity (Wildman–Crippen MR) is 373 cm³/mol. The second-order valence-corrected chi connectivity index (χ2v) is 25.2. The molecule has 0 saturated heterocycles. The molecule has 14 aromatic carbocycles. The van der Waals surface area contributed by atoms with Gasteiger partial charge in [0.25, 0.3) is 0 Å². The highest BCUT2D eigenvalue weighted by molar-refractivity contribution is 6.22. The summed E-state index contributed by atoms with van der Waals surface area (Å²) in [5.41, 5.74) is 29.6. The van der Waals surface area contributed by atoms with Crippen molar-refractivity contribution < 1.29 is 0 Å². The van der Waals surface area contributed by atoms with E-state index in [4.69, 9.17) is 0 Å². The van der Waals surface area contributed by atoms with E-state index in [1.54, 1.807) is 0 Å². The van der Waals surface area contributed by atoms with E-state index in [0.717, 1.165) is 28.3 Å². The third kappa shape index (κ3) is 8.02. The van der Waals surface area contributed by atoms with Gasteiger partial charge in [-0.15, -0.1) is 0 Å². The number of benzene rings is 14. The van der Waals surface area contributed by atoms with Crippen LogP contribution in [0.4, 0.5) is 17.1 Å². The number of hydrogen-bond acceptors (Lipinski definition) is 1. The highest BCUT2D eigenvalue weighted by atomic mass is 15.1. The first-order chi connectivity index (χ1) is 43.2. The molecule has 0 radical (unpaired) electrons. The standard InChI is InChI=1S/C86H62N2/c1-85(2)77-30-18-16-26-67(77)69-45-34-61(53-79(69)85)59-37-48-81-74(50-59)75-51-60(62-35-46-70-68-27-17-19-31-78(68)86(3,4)80(70)54-62)38-49-82(75)88(81)66-43-41-65(42-44-66)87(63-24-12-7-13-25-63)64-39-32-55(33-40-64)58-36-47-73-76(52-58)84(57-22-10-6-11-23-57)72-29-15-14-28-71(72)83(73)56-20-8-5-9-21-56/h5-54H,1-4H3. The molecule has 15 aromatic rings. The number of para-hydroxylation sites is 1. The van der Waals surface area contributed by atoms with E-state index < -0.39 is 0 Å². The maximum absolute atomic E-state index is 2.47. The molecule has 1 heterocycles. The molecule has 0 fully saturated rings. The molecule has 0 spiro atoms. The van der Waals surface area contributed by atoms with Crippen LogP contribution < -0.4 is 4.90 Å². The van der Waals surface area contributed by atoms with Crippen LogP contribution in [0.5, 0.6) is 0 Å². The van der Waals surface area contributed by atoms with Crippen molar-refractivity contribution in [1.29, 1.82) is 0 Å². The Hall–Kier alpha value is -10.8. The summed E-state index contributed by atoms with van der Waals surface area (Å²) >= 11 is 0. The van der Waals surface area contributed by atoms with Gasteiger partial charge in [0.15, 0.2) is 0 Å². The maximum atomic E-state index is 2.47. The lowest BCUT2D eigenvalue weighted by atomic mass is 9.81. The molecule has 0 bridgehead atoms. The zero-order chi connectivity index (χ0) is 58.8. The summed E-state index contributed by atoms with van der Waals surface area (Å²) in [4.78, 5) is 2.37. The number of anilines is 3. The molecule has 416 valence electrons. The second kappa shape index (κ2) is 19.9. The SMILES string of the molecule is CC1(C)c2ccccc2-c2ccc(-c3ccc4c(c3)c3cc(-c5ccc6c(c5)C(C)(C)c5ccccc5-6)ccc3n4-c3ccc(N(c4ccccc4)c4ccc(-c5ccc6c(-c7ccccc7)c7ccccc7c(-c7ccccc7)c6c5)cc4)cc3)cc21. The van der Waals surface area contributed by atoms with Gasteiger partial charge in [-0.1, -0.05) is 240 Å². The fraction of sp³-hybridized carbons (Fsp3) is 0.0698. The van der Waals surface area contributed by atoms with Crippen LogP contribution in [-0.2, 0) is 10.8 Å². The third-order valence-corrected chi connectivity index (χ3v) is 19.6. The highest BCUT2D eigenvalue weighted by Gasteiger charge is 2.37. The lowest BCUT2D eigenvalue weighted by Crippen LogP contribution is -2.14. The second-order valence-electron chi connectivity index (χ2n) is 25.2. The van der Waals surface area contributed by atoms with Gasteiger partial charge in [-0.05, 0) is 213 Å². The van der Waals surface area contributed by atoms with Crippen LogP contribution in [0.25, 0.3) is 127 Å². The third-order valence-electron chi connectivity index (χ3n) is 19.6. The molecule has 0 saturated carbocycles. The molecule has 2 heteroatoms. The van der Waals surface area contributed by atoms with Gasteiger partial charge in [-0.2, -0.15) is 0 Å². The van der Waals surface area contributed by atoms with E-state index in [-0.39, 0.29) is 10.8 Å². The first-order valence-electron chi connectivity index (χ1n) is 30.9. The summed E-state index contributed by atoms with van der Waals surface area (Å²) in [6, 6.07) is 113. The van der Waals surface area contributed by atoms with Gasteiger partial charge in [0.2, 0.25) is 0 Å². The number of rotatable bonds is 9. The molecular weight excluding hydrogens is 1060 g/mol. The molecule has 2 nitrogen and oxygen atoms in total. The average molecular weight is 1120 g/mol. The first kappa shape index (κ1) is 51.6. The summed E-state index contributed by atoms with van der Waals surface area (Å²) in [5, 5.41) is 7.46. The van der Waals surface area contributed by atoms with Crippen molar-refractivity contribution in [3.05, 3.63) is 326 Å². The Morgan fingerprint density at radius 3 is 1.11 bits per heavy atom. The van der Waals surface area contributed by atoms with E-state index in [1.165, 1.54) is 138 Å². The lowest BCUT2D eigenvalue weighted by Gasteiger charge is -2.26. The van der Waals surface area contributed by atoms with Crippen LogP contribution in [0.2, 0.25) is 0 Å². The van der Waals surface area contributed by atoms with Crippen molar-refractivity contribution in [1.82, 2.24) is 4.57 Å². The van der Waals surface area contributed by atoms with Crippen LogP contribution in [0.1, 0.15) is 49.9 Å². The molecule has 0 atom stereocenters. The van der Waals surface area contributed by atoms with Crippen molar-refractivity contribution in [2.75, 3.05) is 4.90 Å². The fourth-order valence-electron chi connectivity index (χ4n) is 15.2. The van der Waals surface area contributed by atoms with Gasteiger partial charge in [0.1, 0.15) is 0 Å². The monoisotopic (exact) mass is 1120 g/mol. The molecule has 2 aliphatic rings. The first-order valence-corrected chi connectivity index (χ1v) is 30.9. The number of hydrogen-bond donors (Lipinski definition) is 0. The Labute approximate surface area is 514 Å². The Balaban J connectivity index is 0.766.